The van der Waals surface area contributed by atoms with Gasteiger partial charge >= 0.3 is 0 Å². The van der Waals surface area contributed by atoms with Gasteiger partial charge < -0.3 is 10.3 Å². The molecule has 0 unspecified atom stereocenters. The molecule has 0 aliphatic heterocycles. The first-order chi connectivity index (χ1) is 7.72. The fraction of sp³-hybridized carbons (Fsp3) is 0.182. The van der Waals surface area contributed by atoms with E-state index in [1.807, 2.05) is 24.3 Å². The van der Waals surface area contributed by atoms with E-state index in [1.54, 1.807) is 6.26 Å². The van der Waals surface area contributed by atoms with E-state index in [1.165, 1.54) is 11.8 Å². The Morgan fingerprint density at radius 3 is 3.00 bits per heavy atom. The average Bonchev–Trinajstić information content (AvgIpc) is 2.62. The minimum absolute atomic E-state index is 0.0296. The first kappa shape index (κ1) is 11.4. The number of thioether (sulfide) groups is 1. The standard InChI is InChI=1S/C11H12N2OS2/c1-16-11(14)12-6-8-7-4-2-3-5-9(7)13-10(8)15/h2-5,13,15H,6H2,1H3,(H,12,14). The molecule has 0 aliphatic rings. The normalized spacial score (nSPS) is 10.6. The number of amides is 1. The first-order valence-corrected chi connectivity index (χ1v) is 6.50. The Bertz CT molecular complexity index is 522. The lowest BCUT2D eigenvalue weighted by atomic mass is 10.2. The third-order valence-electron chi connectivity index (χ3n) is 2.39. The van der Waals surface area contributed by atoms with Crippen LogP contribution in [-0.4, -0.2) is 16.5 Å². The van der Waals surface area contributed by atoms with Crippen LogP contribution in [0.15, 0.2) is 29.3 Å². The SMILES string of the molecule is CSC(=O)NCc1c(S)[nH]c2ccccc12. The minimum Gasteiger partial charge on any atom is -0.350 e. The number of aromatic amines is 1. The van der Waals surface area contributed by atoms with Crippen LogP contribution in [0.2, 0.25) is 0 Å². The third kappa shape index (κ3) is 2.20. The molecule has 0 saturated heterocycles. The summed E-state index contributed by atoms with van der Waals surface area (Å²) in [6.07, 6.45) is 1.76. The third-order valence-corrected chi connectivity index (χ3v) is 3.28. The number of nitrogens with one attached hydrogen (secondary N) is 2. The number of para-hydroxylation sites is 1. The number of rotatable bonds is 2. The van der Waals surface area contributed by atoms with E-state index < -0.39 is 0 Å². The zero-order valence-corrected chi connectivity index (χ0v) is 10.5. The van der Waals surface area contributed by atoms with Crippen LogP contribution in [0.3, 0.4) is 0 Å². The van der Waals surface area contributed by atoms with Crippen molar-refractivity contribution in [1.29, 1.82) is 0 Å². The number of carbonyl (C=O) groups is 1. The molecule has 2 rings (SSSR count). The summed E-state index contributed by atoms with van der Waals surface area (Å²) in [6, 6.07) is 7.96. The Hall–Kier alpha value is -1.07. The minimum atomic E-state index is -0.0296. The lowest BCUT2D eigenvalue weighted by Gasteiger charge is -2.02. The molecule has 1 aromatic carbocycles. The molecule has 0 saturated carbocycles. The summed E-state index contributed by atoms with van der Waals surface area (Å²) < 4.78 is 0. The number of hydrogen-bond acceptors (Lipinski definition) is 3. The molecule has 84 valence electrons. The smallest absolute Gasteiger partial charge is 0.279 e. The number of benzene rings is 1. The highest BCUT2D eigenvalue weighted by molar-refractivity contribution is 8.12. The number of carbonyl (C=O) groups excluding carboxylic acids is 1. The Balaban J connectivity index is 2.29. The molecule has 0 fully saturated rings. The summed E-state index contributed by atoms with van der Waals surface area (Å²) in [7, 11) is 0. The van der Waals surface area contributed by atoms with E-state index in [2.05, 4.69) is 22.9 Å². The fourth-order valence-corrected chi connectivity index (χ4v) is 2.13. The molecule has 0 aliphatic carbocycles. The van der Waals surface area contributed by atoms with Crippen LogP contribution in [-0.2, 0) is 6.54 Å². The monoisotopic (exact) mass is 252 g/mol. The maximum Gasteiger partial charge on any atom is 0.279 e. The molecule has 2 aromatic rings. The van der Waals surface area contributed by atoms with Gasteiger partial charge in [-0.25, -0.2) is 0 Å². The van der Waals surface area contributed by atoms with Gasteiger partial charge in [0, 0.05) is 23.0 Å². The second-order valence-corrected chi connectivity index (χ2v) is 4.57. The molecule has 0 radical (unpaired) electrons. The number of thiol groups is 1. The van der Waals surface area contributed by atoms with Crippen LogP contribution in [0.5, 0.6) is 0 Å². The summed E-state index contributed by atoms with van der Waals surface area (Å²) in [5.41, 5.74) is 2.07. The fourth-order valence-electron chi connectivity index (χ4n) is 1.60. The number of fused-ring (bicyclic) bond motifs is 1. The largest absolute Gasteiger partial charge is 0.350 e. The van der Waals surface area contributed by atoms with Crippen LogP contribution in [0.1, 0.15) is 5.56 Å². The molecule has 1 amide bonds. The zero-order valence-electron chi connectivity index (χ0n) is 8.78. The van der Waals surface area contributed by atoms with Gasteiger partial charge in [0.05, 0.1) is 5.03 Å². The Morgan fingerprint density at radius 1 is 1.50 bits per heavy atom. The summed E-state index contributed by atoms with van der Waals surface area (Å²) >= 11 is 5.55. The maximum atomic E-state index is 11.2. The van der Waals surface area contributed by atoms with Gasteiger partial charge in [-0.2, -0.15) is 0 Å². The van der Waals surface area contributed by atoms with E-state index >= 15 is 0 Å². The summed E-state index contributed by atoms with van der Waals surface area (Å²) in [5, 5.41) is 4.71. The Kier molecular flexibility index (Phi) is 3.46. The lowest BCUT2D eigenvalue weighted by Crippen LogP contribution is -2.17. The molecule has 1 aromatic heterocycles. The molecular formula is C11H12N2OS2. The van der Waals surface area contributed by atoms with E-state index in [0.717, 1.165) is 21.5 Å². The van der Waals surface area contributed by atoms with Gasteiger partial charge in [-0.1, -0.05) is 30.0 Å². The van der Waals surface area contributed by atoms with Gasteiger partial charge in [0.25, 0.3) is 5.24 Å². The van der Waals surface area contributed by atoms with Gasteiger partial charge in [0.15, 0.2) is 0 Å². The van der Waals surface area contributed by atoms with Gasteiger partial charge in [-0.3, -0.25) is 4.79 Å². The van der Waals surface area contributed by atoms with Crippen LogP contribution in [0.25, 0.3) is 10.9 Å². The molecule has 0 spiro atoms. The van der Waals surface area contributed by atoms with E-state index in [-0.39, 0.29) is 5.24 Å². The molecular weight excluding hydrogens is 240 g/mol. The van der Waals surface area contributed by atoms with Crippen molar-refractivity contribution in [3.63, 3.8) is 0 Å². The van der Waals surface area contributed by atoms with Crippen molar-refractivity contribution in [1.82, 2.24) is 10.3 Å². The summed E-state index contributed by atoms with van der Waals surface area (Å²) in [5.74, 6) is 0. The first-order valence-electron chi connectivity index (χ1n) is 4.82. The zero-order chi connectivity index (χ0) is 11.5. The van der Waals surface area contributed by atoms with Gasteiger partial charge in [-0.05, 0) is 12.3 Å². The van der Waals surface area contributed by atoms with Crippen molar-refractivity contribution in [3.05, 3.63) is 29.8 Å². The van der Waals surface area contributed by atoms with Crippen molar-refractivity contribution >= 4 is 40.5 Å². The summed E-state index contributed by atoms with van der Waals surface area (Å²) in [4.78, 5) is 14.3. The van der Waals surface area contributed by atoms with Crippen molar-refractivity contribution in [2.24, 2.45) is 0 Å². The van der Waals surface area contributed by atoms with Crippen LogP contribution in [0.4, 0.5) is 4.79 Å². The highest BCUT2D eigenvalue weighted by Crippen LogP contribution is 2.24. The number of hydrogen-bond donors (Lipinski definition) is 3. The van der Waals surface area contributed by atoms with Gasteiger partial charge in [0.2, 0.25) is 0 Å². The predicted molar refractivity (Wildman–Crippen MR) is 71.3 cm³/mol. The predicted octanol–water partition coefficient (Wildman–Crippen LogP) is 3.03. The number of H-pyrrole nitrogens is 1. The summed E-state index contributed by atoms with van der Waals surface area (Å²) in [6.45, 7) is 0.502. The van der Waals surface area contributed by atoms with Crippen LogP contribution < -0.4 is 5.32 Å². The molecule has 1 heterocycles. The van der Waals surface area contributed by atoms with Crippen molar-refractivity contribution in [2.75, 3.05) is 6.26 Å². The van der Waals surface area contributed by atoms with Crippen LogP contribution in [0, 0.1) is 0 Å². The van der Waals surface area contributed by atoms with E-state index in [9.17, 15) is 4.79 Å². The van der Waals surface area contributed by atoms with Crippen molar-refractivity contribution in [2.45, 2.75) is 11.6 Å². The van der Waals surface area contributed by atoms with E-state index in [4.69, 9.17) is 0 Å². The Labute approximate surface area is 103 Å². The van der Waals surface area contributed by atoms with Crippen molar-refractivity contribution < 1.29 is 4.79 Å². The van der Waals surface area contributed by atoms with Gasteiger partial charge in [0.1, 0.15) is 0 Å². The van der Waals surface area contributed by atoms with Crippen LogP contribution >= 0.6 is 24.4 Å². The van der Waals surface area contributed by atoms with Crippen molar-refractivity contribution in [3.8, 4) is 0 Å². The second-order valence-electron chi connectivity index (χ2n) is 3.34. The highest BCUT2D eigenvalue weighted by Gasteiger charge is 2.09. The highest BCUT2D eigenvalue weighted by atomic mass is 32.2. The maximum absolute atomic E-state index is 11.2. The van der Waals surface area contributed by atoms with E-state index in [0.29, 0.717) is 6.54 Å². The average molecular weight is 252 g/mol. The molecule has 0 bridgehead atoms. The number of aromatic nitrogens is 1. The Morgan fingerprint density at radius 2 is 2.25 bits per heavy atom. The molecule has 2 N–H and O–H groups in total. The molecule has 16 heavy (non-hydrogen) atoms. The van der Waals surface area contributed by atoms with Gasteiger partial charge in [-0.15, -0.1) is 12.6 Å². The molecule has 5 heteroatoms. The topological polar surface area (TPSA) is 44.9 Å². The molecule has 0 atom stereocenters. The molecule has 3 nitrogen and oxygen atoms in total. The lowest BCUT2D eigenvalue weighted by molar-refractivity contribution is 0.260. The second kappa shape index (κ2) is 4.84. The quantitative estimate of drug-likeness (QED) is 0.719.